The largest absolute Gasteiger partial charge is 0.495 e. The molecule has 134 valence electrons. The van der Waals surface area contributed by atoms with E-state index >= 15 is 0 Å². The molecule has 1 aliphatic rings. The lowest BCUT2D eigenvalue weighted by molar-refractivity contribution is -0.131. The van der Waals surface area contributed by atoms with E-state index < -0.39 is 10.0 Å². The van der Waals surface area contributed by atoms with E-state index in [0.717, 1.165) is 24.0 Å². The number of aryl methyl sites for hydroxylation is 2. The number of benzene rings is 1. The van der Waals surface area contributed by atoms with Gasteiger partial charge in [0.2, 0.25) is 15.9 Å². The van der Waals surface area contributed by atoms with Crippen molar-refractivity contribution >= 4 is 15.9 Å². The molecule has 2 rings (SSSR count). The van der Waals surface area contributed by atoms with Gasteiger partial charge in [-0.05, 0) is 55.9 Å². The highest BCUT2D eigenvalue weighted by atomic mass is 32.2. The topological polar surface area (TPSA) is 75.7 Å². The number of rotatable bonds is 5. The third-order valence-corrected chi connectivity index (χ3v) is 6.04. The first-order valence-corrected chi connectivity index (χ1v) is 9.65. The van der Waals surface area contributed by atoms with Gasteiger partial charge in [-0.2, -0.15) is 0 Å². The summed E-state index contributed by atoms with van der Waals surface area (Å²) in [6, 6.07) is 3.27. The number of nitrogens with zero attached hydrogens (tertiary/aromatic N) is 1. The molecule has 0 aliphatic carbocycles. The summed E-state index contributed by atoms with van der Waals surface area (Å²) in [5.74, 6) is 0.712. The molecule has 0 radical (unpaired) electrons. The van der Waals surface area contributed by atoms with Crippen LogP contribution in [0.15, 0.2) is 17.0 Å². The number of nitrogens with one attached hydrogen (secondary N) is 1. The molecule has 7 heteroatoms. The molecule has 24 heavy (non-hydrogen) atoms. The molecule has 1 saturated heterocycles. The van der Waals surface area contributed by atoms with Gasteiger partial charge in [0, 0.05) is 13.1 Å². The minimum atomic E-state index is -3.81. The molecule has 0 saturated carbocycles. The highest BCUT2D eigenvalue weighted by Gasteiger charge is 2.24. The summed E-state index contributed by atoms with van der Waals surface area (Å²) in [7, 11) is -2.38. The molecule has 0 aromatic heterocycles. The van der Waals surface area contributed by atoms with E-state index in [1.54, 1.807) is 17.0 Å². The van der Waals surface area contributed by atoms with Crippen LogP contribution in [0.5, 0.6) is 5.75 Å². The Labute approximate surface area is 144 Å². The van der Waals surface area contributed by atoms with Crippen molar-refractivity contribution in [2.24, 2.45) is 5.92 Å². The molecule has 1 amide bonds. The second-order valence-corrected chi connectivity index (χ2v) is 8.21. The van der Waals surface area contributed by atoms with Gasteiger partial charge in [-0.1, -0.05) is 6.92 Å². The lowest BCUT2D eigenvalue weighted by Crippen LogP contribution is -2.43. The number of hydrogen-bond donors (Lipinski definition) is 1. The van der Waals surface area contributed by atoms with Crippen molar-refractivity contribution in [3.8, 4) is 5.75 Å². The summed E-state index contributed by atoms with van der Waals surface area (Å²) >= 11 is 0. The molecule has 1 aromatic carbocycles. The third-order valence-electron chi connectivity index (χ3n) is 4.62. The van der Waals surface area contributed by atoms with Gasteiger partial charge in [-0.15, -0.1) is 0 Å². The van der Waals surface area contributed by atoms with E-state index in [4.69, 9.17) is 4.74 Å². The Morgan fingerprint density at radius 3 is 2.42 bits per heavy atom. The summed E-state index contributed by atoms with van der Waals surface area (Å²) in [6.45, 7) is 7.04. The van der Waals surface area contributed by atoms with E-state index in [-0.39, 0.29) is 23.1 Å². The van der Waals surface area contributed by atoms with Crippen LogP contribution in [0, 0.1) is 19.8 Å². The van der Waals surface area contributed by atoms with Gasteiger partial charge >= 0.3 is 0 Å². The zero-order valence-electron chi connectivity index (χ0n) is 14.8. The van der Waals surface area contributed by atoms with E-state index in [2.05, 4.69) is 11.6 Å². The Bertz CT molecular complexity index is 708. The zero-order chi connectivity index (χ0) is 17.9. The molecule has 1 fully saturated rings. The number of carbonyl (C=O) groups excluding carboxylic acids is 1. The van der Waals surface area contributed by atoms with Gasteiger partial charge in [-0.3, -0.25) is 4.79 Å². The zero-order valence-corrected chi connectivity index (χ0v) is 15.6. The van der Waals surface area contributed by atoms with Crippen LogP contribution in [0.2, 0.25) is 0 Å². The van der Waals surface area contributed by atoms with Crippen molar-refractivity contribution in [3.05, 3.63) is 23.3 Å². The molecule has 0 spiro atoms. The summed E-state index contributed by atoms with van der Waals surface area (Å²) in [5.41, 5.74) is 1.80. The van der Waals surface area contributed by atoms with Crippen molar-refractivity contribution in [1.29, 1.82) is 0 Å². The van der Waals surface area contributed by atoms with Crippen LogP contribution in [0.1, 0.15) is 30.9 Å². The second-order valence-electron chi connectivity index (χ2n) is 6.48. The van der Waals surface area contributed by atoms with Crippen LogP contribution in [0.25, 0.3) is 0 Å². The highest BCUT2D eigenvalue weighted by Crippen LogP contribution is 2.27. The fraction of sp³-hybridized carbons (Fsp3) is 0.588. The van der Waals surface area contributed by atoms with Crippen LogP contribution < -0.4 is 9.46 Å². The Morgan fingerprint density at radius 2 is 1.83 bits per heavy atom. The van der Waals surface area contributed by atoms with E-state index in [0.29, 0.717) is 19.0 Å². The number of ether oxygens (including phenoxy) is 1. The maximum absolute atomic E-state index is 12.6. The van der Waals surface area contributed by atoms with Gasteiger partial charge in [0.25, 0.3) is 0 Å². The highest BCUT2D eigenvalue weighted by molar-refractivity contribution is 7.89. The van der Waals surface area contributed by atoms with Gasteiger partial charge in [0.05, 0.1) is 13.7 Å². The number of carbonyl (C=O) groups is 1. The number of hydrogen-bond acceptors (Lipinski definition) is 4. The van der Waals surface area contributed by atoms with Crippen LogP contribution in [-0.2, 0) is 14.8 Å². The number of amides is 1. The molecular formula is C17H26N2O4S. The molecule has 1 aromatic rings. The Balaban J connectivity index is 2.09. The molecule has 1 aliphatic heterocycles. The fourth-order valence-corrected chi connectivity index (χ4v) is 3.95. The molecule has 0 unspecified atom stereocenters. The predicted molar refractivity (Wildman–Crippen MR) is 92.6 cm³/mol. The summed E-state index contributed by atoms with van der Waals surface area (Å²) in [4.78, 5) is 14.0. The average Bonchev–Trinajstić information content (AvgIpc) is 2.55. The summed E-state index contributed by atoms with van der Waals surface area (Å²) in [5, 5.41) is 0. The predicted octanol–water partition coefficient (Wildman–Crippen LogP) is 1.85. The fourth-order valence-electron chi connectivity index (χ4n) is 2.74. The number of piperidine rings is 1. The van der Waals surface area contributed by atoms with Crippen molar-refractivity contribution < 1.29 is 17.9 Å². The number of sulfonamides is 1. The van der Waals surface area contributed by atoms with Crippen molar-refractivity contribution in [2.45, 2.75) is 38.5 Å². The van der Waals surface area contributed by atoms with E-state index in [9.17, 15) is 13.2 Å². The van der Waals surface area contributed by atoms with Gasteiger partial charge < -0.3 is 9.64 Å². The first-order valence-electron chi connectivity index (χ1n) is 8.17. The monoisotopic (exact) mass is 354 g/mol. The first-order chi connectivity index (χ1) is 11.2. The van der Waals surface area contributed by atoms with E-state index in [1.807, 2.05) is 13.8 Å². The quantitative estimate of drug-likeness (QED) is 0.875. The summed E-state index contributed by atoms with van der Waals surface area (Å²) in [6.07, 6.45) is 1.92. The van der Waals surface area contributed by atoms with Gasteiger partial charge in [0.1, 0.15) is 10.6 Å². The van der Waals surface area contributed by atoms with E-state index in [1.165, 1.54) is 7.11 Å². The Morgan fingerprint density at radius 1 is 1.25 bits per heavy atom. The SMILES string of the molecule is COc1cc(C)c(C)cc1S(=O)(=O)NCC(=O)N1CCC(C)CC1. The normalized spacial score (nSPS) is 16.2. The molecule has 6 nitrogen and oxygen atoms in total. The van der Waals surface area contributed by atoms with Crippen LogP contribution in [0.4, 0.5) is 0 Å². The molecule has 1 heterocycles. The number of likely N-dealkylation sites (tertiary alicyclic amines) is 1. The molecular weight excluding hydrogens is 328 g/mol. The minimum Gasteiger partial charge on any atom is -0.495 e. The van der Waals surface area contributed by atoms with Crippen molar-refractivity contribution in [3.63, 3.8) is 0 Å². The Hall–Kier alpha value is -1.60. The van der Waals surface area contributed by atoms with Gasteiger partial charge in [-0.25, -0.2) is 13.1 Å². The van der Waals surface area contributed by atoms with Crippen LogP contribution in [-0.4, -0.2) is 46.0 Å². The minimum absolute atomic E-state index is 0.0631. The van der Waals surface area contributed by atoms with Crippen molar-refractivity contribution in [2.75, 3.05) is 26.7 Å². The molecule has 0 atom stereocenters. The lowest BCUT2D eigenvalue weighted by Gasteiger charge is -2.30. The molecule has 0 bridgehead atoms. The average molecular weight is 354 g/mol. The summed E-state index contributed by atoms with van der Waals surface area (Å²) < 4.78 is 32.7. The lowest BCUT2D eigenvalue weighted by atomic mass is 9.99. The first kappa shape index (κ1) is 18.7. The smallest absolute Gasteiger partial charge is 0.244 e. The standard InChI is InChI=1S/C17H26N2O4S/c1-12-5-7-19(8-6-12)17(20)11-18-24(21,22)16-10-14(3)13(2)9-15(16)23-4/h9-10,12,18H,5-8,11H2,1-4H3. The second kappa shape index (κ2) is 7.53. The Kier molecular flexibility index (Phi) is 5.87. The van der Waals surface area contributed by atoms with Crippen LogP contribution >= 0.6 is 0 Å². The van der Waals surface area contributed by atoms with Crippen LogP contribution in [0.3, 0.4) is 0 Å². The van der Waals surface area contributed by atoms with Gasteiger partial charge in [0.15, 0.2) is 0 Å². The van der Waals surface area contributed by atoms with Crippen molar-refractivity contribution in [1.82, 2.24) is 9.62 Å². The maximum atomic E-state index is 12.6. The maximum Gasteiger partial charge on any atom is 0.244 e. The molecule has 1 N–H and O–H groups in total. The number of methoxy groups -OCH3 is 1. The third kappa shape index (κ3) is 4.27.